The van der Waals surface area contributed by atoms with Gasteiger partial charge < -0.3 is 15.4 Å². The fourth-order valence-electron chi connectivity index (χ4n) is 3.06. The minimum atomic E-state index is -0.217. The molecule has 1 aromatic rings. The molecule has 0 radical (unpaired) electrons. The maximum Gasteiger partial charge on any atom is 0.271 e. The molecule has 0 aliphatic carbocycles. The topological polar surface area (TPSA) is 68.2 Å². The second-order valence-corrected chi connectivity index (χ2v) is 6.27. The van der Waals surface area contributed by atoms with E-state index in [0.717, 1.165) is 45.4 Å². The molecule has 1 amide bonds. The van der Waals surface area contributed by atoms with Gasteiger partial charge in [-0.25, -0.2) is 0 Å². The van der Waals surface area contributed by atoms with Gasteiger partial charge >= 0.3 is 0 Å². The molecule has 21 heavy (non-hydrogen) atoms. The SMILES string of the molecule is CC1(CNC(=O)c2ccn(C3CCCNC3)n2)CCCO1. The van der Waals surface area contributed by atoms with Crippen molar-refractivity contribution in [2.24, 2.45) is 0 Å². The summed E-state index contributed by atoms with van der Waals surface area (Å²) in [4.78, 5) is 12.2. The van der Waals surface area contributed by atoms with Crippen LogP contribution < -0.4 is 10.6 Å². The van der Waals surface area contributed by atoms with E-state index in [-0.39, 0.29) is 11.5 Å². The highest BCUT2D eigenvalue weighted by Crippen LogP contribution is 2.24. The number of hydrogen-bond acceptors (Lipinski definition) is 4. The second-order valence-electron chi connectivity index (χ2n) is 6.27. The summed E-state index contributed by atoms with van der Waals surface area (Å²) >= 11 is 0. The Hall–Kier alpha value is -1.40. The molecule has 3 rings (SSSR count). The fraction of sp³-hybridized carbons (Fsp3) is 0.733. The third-order valence-electron chi connectivity index (χ3n) is 4.41. The van der Waals surface area contributed by atoms with Crippen molar-refractivity contribution >= 4 is 5.91 Å². The zero-order valence-electron chi connectivity index (χ0n) is 12.6. The molecule has 6 nitrogen and oxygen atoms in total. The van der Waals surface area contributed by atoms with Crippen LogP contribution in [0.25, 0.3) is 0 Å². The third kappa shape index (κ3) is 3.44. The summed E-state index contributed by atoms with van der Waals surface area (Å²) in [5, 5.41) is 10.7. The molecular weight excluding hydrogens is 268 g/mol. The standard InChI is InChI=1S/C15H24N4O2/c1-15(6-3-9-21-15)11-17-14(20)13-5-8-19(18-13)12-4-2-7-16-10-12/h5,8,12,16H,2-4,6-7,9-11H2,1H3,(H,17,20). The Morgan fingerprint density at radius 2 is 2.52 bits per heavy atom. The molecule has 2 fully saturated rings. The normalized spacial score (nSPS) is 29.5. The predicted molar refractivity (Wildman–Crippen MR) is 79.3 cm³/mol. The molecule has 2 atom stereocenters. The van der Waals surface area contributed by atoms with E-state index in [1.807, 2.05) is 17.8 Å². The fourth-order valence-corrected chi connectivity index (χ4v) is 3.06. The van der Waals surface area contributed by atoms with Crippen LogP contribution in [0.1, 0.15) is 49.1 Å². The highest BCUT2D eigenvalue weighted by Gasteiger charge is 2.30. The molecule has 116 valence electrons. The highest BCUT2D eigenvalue weighted by atomic mass is 16.5. The van der Waals surface area contributed by atoms with Gasteiger partial charge in [0, 0.05) is 25.9 Å². The molecule has 0 saturated carbocycles. The lowest BCUT2D eigenvalue weighted by molar-refractivity contribution is 0.0205. The molecule has 1 aromatic heterocycles. The van der Waals surface area contributed by atoms with Crippen molar-refractivity contribution in [3.05, 3.63) is 18.0 Å². The molecule has 2 N–H and O–H groups in total. The van der Waals surface area contributed by atoms with E-state index in [1.54, 1.807) is 6.07 Å². The van der Waals surface area contributed by atoms with Gasteiger partial charge in [-0.3, -0.25) is 9.48 Å². The first-order valence-electron chi connectivity index (χ1n) is 7.84. The lowest BCUT2D eigenvalue weighted by atomic mass is 10.0. The molecule has 6 heteroatoms. The Balaban J connectivity index is 1.56. The smallest absolute Gasteiger partial charge is 0.271 e. The van der Waals surface area contributed by atoms with E-state index < -0.39 is 0 Å². The Morgan fingerprint density at radius 1 is 1.62 bits per heavy atom. The number of piperidine rings is 1. The number of rotatable bonds is 4. The molecule has 0 spiro atoms. The molecular formula is C15H24N4O2. The number of ether oxygens (including phenoxy) is 1. The van der Waals surface area contributed by atoms with Crippen molar-refractivity contribution in [1.29, 1.82) is 0 Å². The molecule has 2 aliphatic rings. The van der Waals surface area contributed by atoms with Gasteiger partial charge in [0.15, 0.2) is 0 Å². The quantitative estimate of drug-likeness (QED) is 0.872. The Labute approximate surface area is 125 Å². The van der Waals surface area contributed by atoms with Gasteiger partial charge in [-0.2, -0.15) is 5.10 Å². The summed E-state index contributed by atoms with van der Waals surface area (Å²) < 4.78 is 7.59. The highest BCUT2D eigenvalue weighted by molar-refractivity contribution is 5.92. The third-order valence-corrected chi connectivity index (χ3v) is 4.41. The van der Waals surface area contributed by atoms with Crippen LogP contribution in [-0.4, -0.2) is 47.5 Å². The number of aromatic nitrogens is 2. The van der Waals surface area contributed by atoms with Crippen LogP contribution in [0.3, 0.4) is 0 Å². The molecule has 3 heterocycles. The maximum absolute atomic E-state index is 12.2. The van der Waals surface area contributed by atoms with Crippen LogP contribution in [-0.2, 0) is 4.74 Å². The Bertz CT molecular complexity index is 488. The van der Waals surface area contributed by atoms with Crippen molar-refractivity contribution in [3.8, 4) is 0 Å². The van der Waals surface area contributed by atoms with Gasteiger partial charge in [0.2, 0.25) is 0 Å². The number of nitrogens with zero attached hydrogens (tertiary/aromatic N) is 2. The van der Waals surface area contributed by atoms with Crippen LogP contribution in [0.5, 0.6) is 0 Å². The number of nitrogens with one attached hydrogen (secondary N) is 2. The summed E-state index contributed by atoms with van der Waals surface area (Å²) in [7, 11) is 0. The van der Waals surface area contributed by atoms with Gasteiger partial charge in [-0.05, 0) is 45.2 Å². The van der Waals surface area contributed by atoms with Gasteiger partial charge in [0.25, 0.3) is 5.91 Å². The second kappa shape index (κ2) is 6.15. The summed E-state index contributed by atoms with van der Waals surface area (Å²) in [5.41, 5.74) is 0.271. The first kappa shape index (κ1) is 14.5. The number of carbonyl (C=O) groups is 1. The Kier molecular flexibility index (Phi) is 4.26. The van der Waals surface area contributed by atoms with Crippen LogP contribution in [0.4, 0.5) is 0 Å². The molecule has 2 aliphatic heterocycles. The lowest BCUT2D eigenvalue weighted by Gasteiger charge is -2.23. The van der Waals surface area contributed by atoms with Crippen LogP contribution >= 0.6 is 0 Å². The van der Waals surface area contributed by atoms with E-state index in [1.165, 1.54) is 0 Å². The summed E-state index contributed by atoms with van der Waals surface area (Å²) in [6, 6.07) is 2.15. The molecule has 0 bridgehead atoms. The van der Waals surface area contributed by atoms with Crippen molar-refractivity contribution in [3.63, 3.8) is 0 Å². The molecule has 0 aromatic carbocycles. The number of carbonyl (C=O) groups excluding carboxylic acids is 1. The largest absolute Gasteiger partial charge is 0.373 e. The van der Waals surface area contributed by atoms with Crippen LogP contribution in [0.15, 0.2) is 12.3 Å². The summed E-state index contributed by atoms with van der Waals surface area (Å²) in [6.07, 6.45) is 6.23. The Morgan fingerprint density at radius 3 is 3.24 bits per heavy atom. The molecule has 2 saturated heterocycles. The number of amides is 1. The van der Waals surface area contributed by atoms with Crippen molar-refractivity contribution < 1.29 is 9.53 Å². The van der Waals surface area contributed by atoms with Crippen molar-refractivity contribution in [2.75, 3.05) is 26.2 Å². The van der Waals surface area contributed by atoms with Gasteiger partial charge in [-0.15, -0.1) is 0 Å². The van der Waals surface area contributed by atoms with E-state index in [9.17, 15) is 4.79 Å². The minimum absolute atomic E-state index is 0.116. The first-order chi connectivity index (χ1) is 10.2. The van der Waals surface area contributed by atoms with Gasteiger partial charge in [0.05, 0.1) is 11.6 Å². The predicted octanol–water partition coefficient (Wildman–Crippen LogP) is 1.11. The zero-order chi connectivity index (χ0) is 14.7. The number of hydrogen-bond donors (Lipinski definition) is 2. The first-order valence-corrected chi connectivity index (χ1v) is 7.84. The minimum Gasteiger partial charge on any atom is -0.373 e. The van der Waals surface area contributed by atoms with E-state index in [4.69, 9.17) is 4.74 Å². The lowest BCUT2D eigenvalue weighted by Crippen LogP contribution is -2.40. The average Bonchev–Trinajstić information content (AvgIpc) is 3.16. The van der Waals surface area contributed by atoms with Crippen LogP contribution in [0, 0.1) is 0 Å². The monoisotopic (exact) mass is 292 g/mol. The average molecular weight is 292 g/mol. The summed E-state index contributed by atoms with van der Waals surface area (Å²) in [5.74, 6) is -0.116. The molecule has 2 unspecified atom stereocenters. The van der Waals surface area contributed by atoms with Crippen molar-refractivity contribution in [2.45, 2.75) is 44.2 Å². The van der Waals surface area contributed by atoms with Crippen LogP contribution in [0.2, 0.25) is 0 Å². The van der Waals surface area contributed by atoms with E-state index in [0.29, 0.717) is 18.3 Å². The maximum atomic E-state index is 12.2. The van der Waals surface area contributed by atoms with E-state index in [2.05, 4.69) is 15.7 Å². The van der Waals surface area contributed by atoms with Gasteiger partial charge in [-0.1, -0.05) is 0 Å². The van der Waals surface area contributed by atoms with E-state index >= 15 is 0 Å². The summed E-state index contributed by atoms with van der Waals surface area (Å²) in [6.45, 7) is 5.38. The van der Waals surface area contributed by atoms with Crippen molar-refractivity contribution in [1.82, 2.24) is 20.4 Å². The van der Waals surface area contributed by atoms with Gasteiger partial charge in [0.1, 0.15) is 5.69 Å². The zero-order valence-corrected chi connectivity index (χ0v) is 12.6.